The third kappa shape index (κ3) is 29.2. The van der Waals surface area contributed by atoms with Crippen LogP contribution in [0.1, 0.15) is 90.4 Å². The largest absolute Gasteiger partial charge is 0.481 e. The van der Waals surface area contributed by atoms with Gasteiger partial charge >= 0.3 is 18.0 Å². The van der Waals surface area contributed by atoms with Gasteiger partial charge in [-0.25, -0.2) is 9.59 Å². The predicted molar refractivity (Wildman–Crippen MR) is 165 cm³/mol. The number of carboxylic acid groups (broad SMARTS) is 2. The molecule has 0 unspecified atom stereocenters. The molecule has 0 saturated carbocycles. The van der Waals surface area contributed by atoms with E-state index in [4.69, 9.17) is 19.3 Å². The van der Waals surface area contributed by atoms with Crippen LogP contribution in [0.3, 0.4) is 0 Å². The van der Waals surface area contributed by atoms with Crippen molar-refractivity contribution in [2.24, 2.45) is 0 Å². The Hall–Kier alpha value is -3.30. The SMILES string of the molecule is CCC(=O)NCCOCCOCCOCCNC(=O)CCCCCCCCC(=O)CC[C@H](NC(=O)NCCCC(=O)O)C(=O)O. The highest BCUT2D eigenvalue weighted by Gasteiger charge is 2.20. The second kappa shape index (κ2) is 29.4. The topological polar surface area (TPSA) is 219 Å². The summed E-state index contributed by atoms with van der Waals surface area (Å²) in [5, 5.41) is 28.1. The number of hydrogen-bond acceptors (Lipinski definition) is 9. The number of amides is 4. The van der Waals surface area contributed by atoms with Crippen molar-refractivity contribution in [3.8, 4) is 0 Å². The molecule has 6 N–H and O–H groups in total. The Morgan fingerprint density at radius 2 is 1.11 bits per heavy atom. The molecule has 0 aliphatic rings. The highest BCUT2D eigenvalue weighted by Crippen LogP contribution is 2.11. The normalized spacial score (nSPS) is 11.4. The fraction of sp³-hybridized carbons (Fsp3) is 0.800. The van der Waals surface area contributed by atoms with Gasteiger partial charge < -0.3 is 45.7 Å². The first-order chi connectivity index (χ1) is 21.6. The monoisotopic (exact) mass is 646 g/mol. The Morgan fingerprint density at radius 3 is 1.67 bits per heavy atom. The van der Waals surface area contributed by atoms with E-state index >= 15 is 0 Å². The number of carbonyl (C=O) groups excluding carboxylic acids is 4. The molecule has 0 aromatic rings. The van der Waals surface area contributed by atoms with Crippen molar-refractivity contribution in [3.63, 3.8) is 0 Å². The summed E-state index contributed by atoms with van der Waals surface area (Å²) >= 11 is 0. The van der Waals surface area contributed by atoms with Gasteiger partial charge in [0, 0.05) is 51.7 Å². The smallest absolute Gasteiger partial charge is 0.326 e. The third-order valence-electron chi connectivity index (χ3n) is 6.48. The van der Waals surface area contributed by atoms with Crippen molar-refractivity contribution in [2.45, 2.75) is 96.4 Å². The number of Topliss-reactive ketones (excluding diaryl/α,β-unsaturated/α-hetero) is 1. The molecule has 0 bridgehead atoms. The average molecular weight is 647 g/mol. The Balaban J connectivity index is 3.59. The Bertz CT molecular complexity index is 858. The second-order valence-electron chi connectivity index (χ2n) is 10.4. The molecule has 0 rings (SSSR count). The van der Waals surface area contributed by atoms with Crippen LogP contribution in [-0.2, 0) is 38.2 Å². The number of ether oxygens (including phenoxy) is 3. The molecular formula is C30H54N4O11. The van der Waals surface area contributed by atoms with E-state index in [0.717, 1.165) is 32.1 Å². The fourth-order valence-electron chi connectivity index (χ4n) is 3.93. The van der Waals surface area contributed by atoms with Crippen LogP contribution in [0.15, 0.2) is 0 Å². The molecule has 0 aromatic heterocycles. The molecule has 4 amide bonds. The van der Waals surface area contributed by atoms with Crippen LogP contribution in [-0.4, -0.2) is 111 Å². The van der Waals surface area contributed by atoms with Crippen molar-refractivity contribution in [1.82, 2.24) is 21.3 Å². The van der Waals surface area contributed by atoms with Crippen molar-refractivity contribution in [3.05, 3.63) is 0 Å². The van der Waals surface area contributed by atoms with Gasteiger partial charge in [-0.15, -0.1) is 0 Å². The number of urea groups is 1. The number of carbonyl (C=O) groups is 6. The zero-order valence-corrected chi connectivity index (χ0v) is 26.7. The molecule has 0 aliphatic heterocycles. The molecule has 1 atom stereocenters. The number of ketones is 1. The Morgan fingerprint density at radius 1 is 0.578 bits per heavy atom. The summed E-state index contributed by atoms with van der Waals surface area (Å²) in [5.74, 6) is -2.30. The molecule has 0 aliphatic carbocycles. The number of aliphatic carboxylic acids is 2. The maximum atomic E-state index is 12.1. The van der Waals surface area contributed by atoms with E-state index in [0.29, 0.717) is 78.4 Å². The number of hydrogen-bond donors (Lipinski definition) is 6. The van der Waals surface area contributed by atoms with Gasteiger partial charge in [0.25, 0.3) is 0 Å². The van der Waals surface area contributed by atoms with E-state index in [1.54, 1.807) is 6.92 Å². The van der Waals surface area contributed by atoms with Gasteiger partial charge in [-0.1, -0.05) is 32.6 Å². The number of carboxylic acids is 2. The van der Waals surface area contributed by atoms with Gasteiger partial charge in [0.1, 0.15) is 11.8 Å². The minimum absolute atomic E-state index is 0.000468. The molecule has 15 nitrogen and oxygen atoms in total. The summed E-state index contributed by atoms with van der Waals surface area (Å²) in [5.41, 5.74) is 0. The Kier molecular flexibility index (Phi) is 27.3. The lowest BCUT2D eigenvalue weighted by Crippen LogP contribution is -2.46. The van der Waals surface area contributed by atoms with E-state index in [1.165, 1.54) is 0 Å². The predicted octanol–water partition coefficient (Wildman–Crippen LogP) is 1.77. The summed E-state index contributed by atoms with van der Waals surface area (Å²) in [6, 6.07) is -1.91. The summed E-state index contributed by atoms with van der Waals surface area (Å²) in [7, 11) is 0. The maximum absolute atomic E-state index is 12.1. The van der Waals surface area contributed by atoms with Gasteiger partial charge in [-0.05, 0) is 25.7 Å². The van der Waals surface area contributed by atoms with Crippen LogP contribution in [0.25, 0.3) is 0 Å². The highest BCUT2D eigenvalue weighted by molar-refractivity contribution is 5.84. The van der Waals surface area contributed by atoms with Crippen molar-refractivity contribution >= 4 is 35.6 Å². The van der Waals surface area contributed by atoms with E-state index in [9.17, 15) is 33.9 Å². The first kappa shape index (κ1) is 41.7. The Labute approximate surface area is 265 Å². The molecule has 0 fully saturated rings. The van der Waals surface area contributed by atoms with Gasteiger partial charge in [0.05, 0.1) is 39.6 Å². The summed E-state index contributed by atoms with van der Waals surface area (Å²) in [6.45, 7) is 5.40. The van der Waals surface area contributed by atoms with Gasteiger partial charge in [-0.3, -0.25) is 19.2 Å². The quantitative estimate of drug-likeness (QED) is 0.0596. The van der Waals surface area contributed by atoms with Crippen LogP contribution in [0.4, 0.5) is 4.79 Å². The number of unbranched alkanes of at least 4 members (excludes halogenated alkanes) is 5. The minimum atomic E-state index is -1.24. The summed E-state index contributed by atoms with van der Waals surface area (Å²) < 4.78 is 16.2. The summed E-state index contributed by atoms with van der Waals surface area (Å²) in [4.78, 5) is 68.8. The third-order valence-corrected chi connectivity index (χ3v) is 6.48. The van der Waals surface area contributed by atoms with Crippen LogP contribution in [0.5, 0.6) is 0 Å². The van der Waals surface area contributed by atoms with Crippen molar-refractivity contribution < 1.29 is 53.2 Å². The minimum Gasteiger partial charge on any atom is -0.481 e. The van der Waals surface area contributed by atoms with Crippen LogP contribution in [0.2, 0.25) is 0 Å². The zero-order valence-electron chi connectivity index (χ0n) is 26.7. The van der Waals surface area contributed by atoms with Crippen molar-refractivity contribution in [2.75, 3.05) is 59.3 Å². The van der Waals surface area contributed by atoms with Gasteiger partial charge in [-0.2, -0.15) is 0 Å². The lowest BCUT2D eigenvalue weighted by molar-refractivity contribution is -0.139. The lowest BCUT2D eigenvalue weighted by atomic mass is 10.0. The molecule has 0 aromatic carbocycles. The molecule has 0 spiro atoms. The van der Waals surface area contributed by atoms with Gasteiger partial charge in [0.2, 0.25) is 11.8 Å². The number of nitrogens with one attached hydrogen (secondary N) is 4. The first-order valence-electron chi connectivity index (χ1n) is 15.9. The summed E-state index contributed by atoms with van der Waals surface area (Å²) in [6.07, 6.45) is 6.56. The highest BCUT2D eigenvalue weighted by atomic mass is 16.5. The lowest BCUT2D eigenvalue weighted by Gasteiger charge is -2.14. The van der Waals surface area contributed by atoms with E-state index < -0.39 is 24.0 Å². The molecule has 0 saturated heterocycles. The van der Waals surface area contributed by atoms with Crippen LogP contribution < -0.4 is 21.3 Å². The maximum Gasteiger partial charge on any atom is 0.326 e. The molecule has 45 heavy (non-hydrogen) atoms. The first-order valence-corrected chi connectivity index (χ1v) is 15.9. The van der Waals surface area contributed by atoms with Crippen molar-refractivity contribution in [1.29, 1.82) is 0 Å². The molecular weight excluding hydrogens is 592 g/mol. The van der Waals surface area contributed by atoms with Gasteiger partial charge in [0.15, 0.2) is 0 Å². The van der Waals surface area contributed by atoms with Crippen LogP contribution >= 0.6 is 0 Å². The standard InChI is InChI=1S/C30H54N4O11/c1-2-26(36)31-16-18-43-20-22-45-23-21-44-19-17-32-27(37)11-8-6-4-3-5-7-10-24(35)13-14-25(29(40)41)34-30(42)33-15-9-12-28(38)39/h25H,2-23H2,1H3,(H,31,36)(H,32,37)(H,38,39)(H,40,41)(H2,33,34,42)/t25-/m0/s1. The zero-order chi connectivity index (χ0) is 33.5. The molecule has 0 radical (unpaired) electrons. The fourth-order valence-corrected chi connectivity index (χ4v) is 3.93. The van der Waals surface area contributed by atoms with E-state index in [2.05, 4.69) is 21.3 Å². The molecule has 15 heteroatoms. The average Bonchev–Trinajstić information content (AvgIpc) is 3.00. The van der Waals surface area contributed by atoms with E-state index in [1.807, 2.05) is 0 Å². The number of rotatable bonds is 31. The van der Waals surface area contributed by atoms with E-state index in [-0.39, 0.29) is 49.8 Å². The molecule has 260 valence electrons. The molecule has 0 heterocycles. The van der Waals surface area contributed by atoms with Crippen LogP contribution in [0, 0.1) is 0 Å². The second-order valence-corrected chi connectivity index (χ2v) is 10.4.